The Hall–Kier alpha value is -0.610. The number of aliphatic carboxylic acids is 1. The number of hydrogen-bond donors (Lipinski definition) is 3. The first-order chi connectivity index (χ1) is 5.11. The van der Waals surface area contributed by atoms with Crippen molar-refractivity contribution >= 4 is 5.97 Å². The van der Waals surface area contributed by atoms with Crippen molar-refractivity contribution in [2.24, 2.45) is 11.3 Å². The molecule has 4 nitrogen and oxygen atoms in total. The molecule has 3 N–H and O–H groups in total. The fourth-order valence-corrected chi connectivity index (χ4v) is 1.39. The maximum absolute atomic E-state index is 10.7. The number of hydrogen-bond acceptors (Lipinski definition) is 3. The molecule has 1 aliphatic rings. The SMILES string of the molecule is C[C@]1(C(=O)O)CNC[C@@H]1CO. The molecule has 64 valence electrons. The summed E-state index contributed by atoms with van der Waals surface area (Å²) in [6, 6.07) is 0. The molecule has 0 spiro atoms. The van der Waals surface area contributed by atoms with E-state index >= 15 is 0 Å². The summed E-state index contributed by atoms with van der Waals surface area (Å²) in [5.74, 6) is -0.985. The van der Waals surface area contributed by atoms with Gasteiger partial charge in [-0.05, 0) is 6.92 Å². The van der Waals surface area contributed by atoms with E-state index in [1.165, 1.54) is 0 Å². The number of nitrogens with one attached hydrogen (secondary N) is 1. The summed E-state index contributed by atoms with van der Waals surface area (Å²) in [6.45, 7) is 2.65. The van der Waals surface area contributed by atoms with Gasteiger partial charge in [0, 0.05) is 25.6 Å². The van der Waals surface area contributed by atoms with E-state index in [4.69, 9.17) is 10.2 Å². The van der Waals surface area contributed by atoms with Crippen molar-refractivity contribution in [3.8, 4) is 0 Å². The predicted octanol–water partition coefficient (Wildman–Crippen LogP) is -0.711. The Balaban J connectivity index is 2.75. The second-order valence-corrected chi connectivity index (χ2v) is 3.23. The third kappa shape index (κ3) is 1.23. The van der Waals surface area contributed by atoms with Gasteiger partial charge in [0.25, 0.3) is 0 Å². The second kappa shape index (κ2) is 2.79. The molecule has 1 heterocycles. The van der Waals surface area contributed by atoms with Crippen LogP contribution in [0.5, 0.6) is 0 Å². The van der Waals surface area contributed by atoms with E-state index in [9.17, 15) is 4.79 Å². The molecule has 0 radical (unpaired) electrons. The van der Waals surface area contributed by atoms with Gasteiger partial charge in [-0.15, -0.1) is 0 Å². The van der Waals surface area contributed by atoms with E-state index in [2.05, 4.69) is 5.32 Å². The van der Waals surface area contributed by atoms with Crippen LogP contribution in [0.4, 0.5) is 0 Å². The van der Waals surface area contributed by atoms with E-state index in [1.807, 2.05) is 0 Å². The molecule has 0 aliphatic carbocycles. The van der Waals surface area contributed by atoms with Crippen molar-refractivity contribution < 1.29 is 15.0 Å². The molecule has 1 rings (SSSR count). The molecular formula is C7H13NO3. The lowest BCUT2D eigenvalue weighted by molar-refractivity contribution is -0.149. The molecular weight excluding hydrogens is 146 g/mol. The van der Waals surface area contributed by atoms with Crippen LogP contribution in [0, 0.1) is 11.3 Å². The Morgan fingerprint density at radius 3 is 2.82 bits per heavy atom. The summed E-state index contributed by atoms with van der Waals surface area (Å²) < 4.78 is 0. The quantitative estimate of drug-likeness (QED) is 0.498. The topological polar surface area (TPSA) is 69.6 Å². The van der Waals surface area contributed by atoms with Crippen LogP contribution >= 0.6 is 0 Å². The zero-order chi connectivity index (χ0) is 8.48. The van der Waals surface area contributed by atoms with Gasteiger partial charge in [0.2, 0.25) is 0 Å². The number of carbonyl (C=O) groups is 1. The number of aliphatic hydroxyl groups excluding tert-OH is 1. The average molecular weight is 159 g/mol. The Labute approximate surface area is 65.2 Å². The Kier molecular flexibility index (Phi) is 2.15. The van der Waals surface area contributed by atoms with Gasteiger partial charge in [-0.1, -0.05) is 0 Å². The molecule has 0 aromatic heterocycles. The van der Waals surface area contributed by atoms with Crippen molar-refractivity contribution in [2.75, 3.05) is 19.7 Å². The summed E-state index contributed by atoms with van der Waals surface area (Å²) in [5.41, 5.74) is -0.783. The van der Waals surface area contributed by atoms with Crippen molar-refractivity contribution in [2.45, 2.75) is 6.92 Å². The molecule has 0 saturated carbocycles. The molecule has 0 unspecified atom stereocenters. The van der Waals surface area contributed by atoms with Crippen LogP contribution in [-0.2, 0) is 4.79 Å². The first-order valence-electron chi connectivity index (χ1n) is 3.66. The van der Waals surface area contributed by atoms with E-state index in [-0.39, 0.29) is 12.5 Å². The van der Waals surface area contributed by atoms with Gasteiger partial charge in [0.1, 0.15) is 0 Å². The third-order valence-electron chi connectivity index (χ3n) is 2.49. The molecule has 0 aromatic carbocycles. The lowest BCUT2D eigenvalue weighted by atomic mass is 9.80. The van der Waals surface area contributed by atoms with E-state index in [0.29, 0.717) is 13.1 Å². The van der Waals surface area contributed by atoms with Gasteiger partial charge in [0.05, 0.1) is 5.41 Å². The predicted molar refractivity (Wildman–Crippen MR) is 39.2 cm³/mol. The van der Waals surface area contributed by atoms with E-state index in [0.717, 1.165) is 0 Å². The monoisotopic (exact) mass is 159 g/mol. The van der Waals surface area contributed by atoms with Gasteiger partial charge in [0.15, 0.2) is 0 Å². The number of rotatable bonds is 2. The fourth-order valence-electron chi connectivity index (χ4n) is 1.39. The van der Waals surface area contributed by atoms with Gasteiger partial charge in [-0.3, -0.25) is 4.79 Å². The maximum Gasteiger partial charge on any atom is 0.311 e. The Morgan fingerprint density at radius 1 is 1.82 bits per heavy atom. The minimum absolute atomic E-state index is 0.0597. The minimum Gasteiger partial charge on any atom is -0.481 e. The molecule has 0 aromatic rings. The molecule has 1 aliphatic heterocycles. The summed E-state index contributed by atoms with van der Waals surface area (Å²) >= 11 is 0. The maximum atomic E-state index is 10.7. The van der Waals surface area contributed by atoms with Crippen LogP contribution in [0.25, 0.3) is 0 Å². The van der Waals surface area contributed by atoms with Crippen molar-refractivity contribution in [1.29, 1.82) is 0 Å². The van der Waals surface area contributed by atoms with Crippen LogP contribution in [0.2, 0.25) is 0 Å². The summed E-state index contributed by atoms with van der Waals surface area (Å²) in [5, 5.41) is 20.6. The molecule has 1 saturated heterocycles. The number of carboxylic acid groups (broad SMARTS) is 1. The van der Waals surface area contributed by atoms with Gasteiger partial charge in [-0.2, -0.15) is 0 Å². The molecule has 1 fully saturated rings. The standard InChI is InChI=1S/C7H13NO3/c1-7(6(10)11)4-8-2-5(7)3-9/h5,8-9H,2-4H2,1H3,(H,10,11)/t5-,7+/m1/s1. The van der Waals surface area contributed by atoms with Crippen LogP contribution in [0.1, 0.15) is 6.92 Å². The zero-order valence-electron chi connectivity index (χ0n) is 6.50. The van der Waals surface area contributed by atoms with Crippen LogP contribution in [0.3, 0.4) is 0 Å². The average Bonchev–Trinajstić information content (AvgIpc) is 2.32. The highest BCUT2D eigenvalue weighted by molar-refractivity contribution is 5.75. The number of aliphatic hydroxyl groups is 1. The lowest BCUT2D eigenvalue weighted by Crippen LogP contribution is -2.37. The lowest BCUT2D eigenvalue weighted by Gasteiger charge is -2.23. The van der Waals surface area contributed by atoms with Crippen LogP contribution < -0.4 is 5.32 Å². The summed E-state index contributed by atoms with van der Waals surface area (Å²) in [6.07, 6.45) is 0. The zero-order valence-corrected chi connectivity index (χ0v) is 6.50. The summed E-state index contributed by atoms with van der Waals surface area (Å²) in [7, 11) is 0. The van der Waals surface area contributed by atoms with Crippen LogP contribution in [0.15, 0.2) is 0 Å². The first-order valence-corrected chi connectivity index (χ1v) is 3.66. The molecule has 2 atom stereocenters. The molecule has 11 heavy (non-hydrogen) atoms. The van der Waals surface area contributed by atoms with Crippen molar-refractivity contribution in [3.05, 3.63) is 0 Å². The highest BCUT2D eigenvalue weighted by Crippen LogP contribution is 2.30. The molecule has 0 bridgehead atoms. The molecule has 4 heteroatoms. The smallest absolute Gasteiger partial charge is 0.311 e. The van der Waals surface area contributed by atoms with Crippen LogP contribution in [-0.4, -0.2) is 35.9 Å². The van der Waals surface area contributed by atoms with Crippen molar-refractivity contribution in [1.82, 2.24) is 5.32 Å². The highest BCUT2D eigenvalue weighted by atomic mass is 16.4. The number of carboxylic acids is 1. The normalized spacial score (nSPS) is 37.5. The van der Waals surface area contributed by atoms with Crippen molar-refractivity contribution in [3.63, 3.8) is 0 Å². The van der Waals surface area contributed by atoms with Gasteiger partial charge < -0.3 is 15.5 Å². The molecule has 0 amide bonds. The minimum atomic E-state index is -0.832. The van der Waals surface area contributed by atoms with E-state index in [1.54, 1.807) is 6.92 Å². The first kappa shape index (κ1) is 8.49. The fraction of sp³-hybridized carbons (Fsp3) is 0.857. The van der Waals surface area contributed by atoms with Gasteiger partial charge >= 0.3 is 5.97 Å². The summed E-state index contributed by atoms with van der Waals surface area (Å²) in [4.78, 5) is 10.7. The largest absolute Gasteiger partial charge is 0.481 e. The third-order valence-corrected chi connectivity index (χ3v) is 2.49. The van der Waals surface area contributed by atoms with E-state index < -0.39 is 11.4 Å². The van der Waals surface area contributed by atoms with Gasteiger partial charge in [-0.25, -0.2) is 0 Å². The Bertz CT molecular complexity index is 171. The highest BCUT2D eigenvalue weighted by Gasteiger charge is 2.44. The Morgan fingerprint density at radius 2 is 2.45 bits per heavy atom. The second-order valence-electron chi connectivity index (χ2n) is 3.23.